The zero-order valence-corrected chi connectivity index (χ0v) is 20.0. The molecule has 182 valence electrons. The van der Waals surface area contributed by atoms with Crippen molar-refractivity contribution >= 4 is 46.9 Å². The maximum atomic E-state index is 13.3. The van der Waals surface area contributed by atoms with Crippen LogP contribution in [0.5, 0.6) is 17.2 Å². The van der Waals surface area contributed by atoms with Gasteiger partial charge in [-0.25, -0.2) is 4.79 Å². The summed E-state index contributed by atoms with van der Waals surface area (Å²) in [6, 6.07) is 9.97. The third kappa shape index (κ3) is 5.85. The number of hydrogen-bond donors (Lipinski definition) is 2. The van der Waals surface area contributed by atoms with Crippen molar-refractivity contribution in [1.29, 1.82) is 0 Å². The molecule has 2 amide bonds. The number of carbonyl (C=O) groups is 3. The first-order valence-electron chi connectivity index (χ1n) is 10.6. The highest BCUT2D eigenvalue weighted by molar-refractivity contribution is 7.80. The molecular formula is C25H24N2O7S. The first kappa shape index (κ1) is 25.4. The number of ether oxygens (including phenoxy) is 3. The molecule has 2 aromatic rings. The minimum absolute atomic E-state index is 0.0383. The van der Waals surface area contributed by atoms with E-state index < -0.39 is 24.4 Å². The van der Waals surface area contributed by atoms with Crippen LogP contribution >= 0.6 is 12.2 Å². The summed E-state index contributed by atoms with van der Waals surface area (Å²) in [5, 5.41) is 11.5. The van der Waals surface area contributed by atoms with E-state index in [0.29, 0.717) is 35.6 Å². The van der Waals surface area contributed by atoms with Gasteiger partial charge in [-0.15, -0.1) is 6.58 Å². The number of anilines is 1. The average Bonchev–Trinajstić information content (AvgIpc) is 2.82. The Bertz CT molecular complexity index is 1210. The molecule has 35 heavy (non-hydrogen) atoms. The maximum absolute atomic E-state index is 13.3. The SMILES string of the molecule is C=CCc1cc(/C=C2/C(=O)NC(=S)N(c3ccc(OCC)cc3)C2=O)cc(OC)c1OCC(=O)O. The molecule has 0 aliphatic carbocycles. The molecule has 1 aliphatic heterocycles. The van der Waals surface area contributed by atoms with Crippen LogP contribution in [0.1, 0.15) is 18.1 Å². The standard InChI is InChI=1S/C25H24N2O7S/c1-4-6-16-11-15(13-20(32-3)22(16)34-14-21(28)29)12-19-23(30)26-25(35)27(24(19)31)17-7-9-18(10-8-17)33-5-2/h4,7-13H,1,5-6,14H2,2-3H3,(H,28,29)(H,26,30,35)/b19-12-. The highest BCUT2D eigenvalue weighted by Crippen LogP contribution is 2.35. The van der Waals surface area contributed by atoms with Gasteiger partial charge in [-0.3, -0.25) is 19.8 Å². The topological polar surface area (TPSA) is 114 Å². The van der Waals surface area contributed by atoms with Gasteiger partial charge in [-0.1, -0.05) is 6.08 Å². The molecule has 0 radical (unpaired) electrons. The van der Waals surface area contributed by atoms with E-state index in [0.717, 1.165) is 0 Å². The van der Waals surface area contributed by atoms with Crippen LogP contribution in [0.2, 0.25) is 0 Å². The lowest BCUT2D eigenvalue weighted by Gasteiger charge is -2.29. The van der Waals surface area contributed by atoms with Crippen molar-refractivity contribution in [3.8, 4) is 17.2 Å². The fraction of sp³-hybridized carbons (Fsp3) is 0.200. The fourth-order valence-corrected chi connectivity index (χ4v) is 3.72. The van der Waals surface area contributed by atoms with E-state index in [1.807, 2.05) is 6.92 Å². The first-order chi connectivity index (χ1) is 16.8. The maximum Gasteiger partial charge on any atom is 0.341 e. The second-order valence-electron chi connectivity index (χ2n) is 7.27. The smallest absolute Gasteiger partial charge is 0.341 e. The van der Waals surface area contributed by atoms with Crippen LogP contribution < -0.4 is 24.4 Å². The molecule has 10 heteroatoms. The second kappa shape index (κ2) is 11.3. The van der Waals surface area contributed by atoms with Gasteiger partial charge in [0.05, 0.1) is 19.4 Å². The van der Waals surface area contributed by atoms with Gasteiger partial charge in [0, 0.05) is 5.56 Å². The highest BCUT2D eigenvalue weighted by atomic mass is 32.1. The largest absolute Gasteiger partial charge is 0.494 e. The van der Waals surface area contributed by atoms with Crippen molar-refractivity contribution in [3.05, 3.63) is 65.8 Å². The van der Waals surface area contributed by atoms with E-state index in [-0.39, 0.29) is 22.2 Å². The summed E-state index contributed by atoms with van der Waals surface area (Å²) in [5.41, 5.74) is 1.38. The van der Waals surface area contributed by atoms with Crippen molar-refractivity contribution in [2.24, 2.45) is 0 Å². The predicted molar refractivity (Wildman–Crippen MR) is 134 cm³/mol. The molecule has 0 bridgehead atoms. The number of hydrogen-bond acceptors (Lipinski definition) is 7. The van der Waals surface area contributed by atoms with E-state index in [1.54, 1.807) is 42.5 Å². The molecule has 0 saturated carbocycles. The number of aliphatic carboxylic acids is 1. The van der Waals surface area contributed by atoms with Crippen molar-refractivity contribution in [3.63, 3.8) is 0 Å². The van der Waals surface area contributed by atoms with Crippen LogP contribution in [0.15, 0.2) is 54.6 Å². The monoisotopic (exact) mass is 496 g/mol. The lowest BCUT2D eigenvalue weighted by Crippen LogP contribution is -2.54. The number of carboxylic acids is 1. The Balaban J connectivity index is 2.01. The molecule has 1 fully saturated rings. The molecule has 3 rings (SSSR count). The number of carboxylic acid groups (broad SMARTS) is 1. The number of nitrogens with one attached hydrogen (secondary N) is 1. The van der Waals surface area contributed by atoms with Crippen LogP contribution in [0, 0.1) is 0 Å². The van der Waals surface area contributed by atoms with Crippen LogP contribution in [-0.2, 0) is 20.8 Å². The average molecular weight is 497 g/mol. The summed E-state index contributed by atoms with van der Waals surface area (Å²) in [5.74, 6) is -1.25. The Morgan fingerprint density at radius 2 is 1.91 bits per heavy atom. The molecule has 2 aromatic carbocycles. The van der Waals surface area contributed by atoms with Crippen LogP contribution in [0.4, 0.5) is 5.69 Å². The van der Waals surface area contributed by atoms with Crippen LogP contribution in [0.25, 0.3) is 6.08 Å². The lowest BCUT2D eigenvalue weighted by atomic mass is 10.0. The van der Waals surface area contributed by atoms with Gasteiger partial charge >= 0.3 is 5.97 Å². The number of amides is 2. The Labute approximate surface area is 207 Å². The number of benzene rings is 2. The number of methoxy groups -OCH3 is 1. The number of nitrogens with zero attached hydrogens (tertiary/aromatic N) is 1. The minimum atomic E-state index is -1.14. The zero-order chi connectivity index (χ0) is 25.5. The van der Waals surface area contributed by atoms with Gasteiger partial charge in [-0.05, 0) is 73.6 Å². The van der Waals surface area contributed by atoms with Gasteiger partial charge in [0.2, 0.25) is 0 Å². The Morgan fingerprint density at radius 1 is 1.20 bits per heavy atom. The quantitative estimate of drug-likeness (QED) is 0.223. The van der Waals surface area contributed by atoms with Crippen LogP contribution in [-0.4, -0.2) is 48.3 Å². The minimum Gasteiger partial charge on any atom is -0.494 e. The van der Waals surface area contributed by atoms with Crippen molar-refractivity contribution in [2.45, 2.75) is 13.3 Å². The van der Waals surface area contributed by atoms with Gasteiger partial charge in [0.25, 0.3) is 11.8 Å². The number of rotatable bonds is 10. The van der Waals surface area contributed by atoms with Gasteiger partial charge in [0.1, 0.15) is 11.3 Å². The molecule has 1 saturated heterocycles. The summed E-state index contributed by atoms with van der Waals surface area (Å²) in [6.45, 7) is 5.52. The van der Waals surface area contributed by atoms with Crippen molar-refractivity contribution in [1.82, 2.24) is 5.32 Å². The van der Waals surface area contributed by atoms with Crippen molar-refractivity contribution < 1.29 is 33.7 Å². The van der Waals surface area contributed by atoms with Gasteiger partial charge in [-0.2, -0.15) is 0 Å². The molecular weight excluding hydrogens is 472 g/mol. The molecule has 1 aliphatic rings. The summed E-state index contributed by atoms with van der Waals surface area (Å²) >= 11 is 5.25. The molecule has 0 atom stereocenters. The van der Waals surface area contributed by atoms with E-state index in [9.17, 15) is 14.4 Å². The Morgan fingerprint density at radius 3 is 2.51 bits per heavy atom. The zero-order valence-electron chi connectivity index (χ0n) is 19.2. The third-order valence-electron chi connectivity index (χ3n) is 4.90. The lowest BCUT2D eigenvalue weighted by molar-refractivity contribution is -0.139. The molecule has 1 heterocycles. The second-order valence-corrected chi connectivity index (χ2v) is 7.66. The fourth-order valence-electron chi connectivity index (χ4n) is 3.44. The molecule has 9 nitrogen and oxygen atoms in total. The molecule has 0 unspecified atom stereocenters. The Kier molecular flexibility index (Phi) is 8.21. The summed E-state index contributed by atoms with van der Waals surface area (Å²) in [7, 11) is 1.40. The summed E-state index contributed by atoms with van der Waals surface area (Å²) in [6.07, 6.45) is 3.37. The van der Waals surface area contributed by atoms with E-state index >= 15 is 0 Å². The number of carbonyl (C=O) groups excluding carboxylic acids is 2. The van der Waals surface area contributed by atoms with Crippen LogP contribution in [0.3, 0.4) is 0 Å². The molecule has 0 spiro atoms. The van der Waals surface area contributed by atoms with E-state index in [1.165, 1.54) is 18.1 Å². The highest BCUT2D eigenvalue weighted by Gasteiger charge is 2.34. The Hall–Kier alpha value is -4.18. The van der Waals surface area contributed by atoms with Gasteiger partial charge < -0.3 is 19.3 Å². The summed E-state index contributed by atoms with van der Waals surface area (Å²) < 4.78 is 16.2. The number of allylic oxidation sites excluding steroid dienone is 1. The predicted octanol–water partition coefficient (Wildman–Crippen LogP) is 3.12. The van der Waals surface area contributed by atoms with Gasteiger partial charge in [0.15, 0.2) is 23.2 Å². The van der Waals surface area contributed by atoms with Crippen molar-refractivity contribution in [2.75, 3.05) is 25.2 Å². The normalized spacial score (nSPS) is 14.5. The molecule has 2 N–H and O–H groups in total. The molecule has 0 aromatic heterocycles. The van der Waals surface area contributed by atoms with E-state index in [4.69, 9.17) is 31.5 Å². The number of thiocarbonyl (C=S) groups is 1. The third-order valence-corrected chi connectivity index (χ3v) is 5.18. The first-order valence-corrected chi connectivity index (χ1v) is 11.0. The summed E-state index contributed by atoms with van der Waals surface area (Å²) in [4.78, 5) is 38.2. The van der Waals surface area contributed by atoms with E-state index in [2.05, 4.69) is 11.9 Å².